The number of ether oxygens (including phenoxy) is 1. The first kappa shape index (κ1) is 21.7. The Balaban J connectivity index is 0.00000176. The number of hydrogen-bond donors (Lipinski definition) is 3. The summed E-state index contributed by atoms with van der Waals surface area (Å²) in [4.78, 5) is 15.6. The summed E-state index contributed by atoms with van der Waals surface area (Å²) in [5, 5.41) is 28.7. The number of carbonyl (C=O) groups excluding carboxylic acids is 1. The highest BCUT2D eigenvalue weighted by Crippen LogP contribution is 2.23. The number of aliphatic hydroxyl groups is 2. The fourth-order valence-electron chi connectivity index (χ4n) is 2.04. The Kier molecular flexibility index (Phi) is 7.96. The lowest BCUT2D eigenvalue weighted by Gasteiger charge is -2.22. The van der Waals surface area contributed by atoms with Crippen LogP contribution in [0.5, 0.6) is 5.75 Å². The highest BCUT2D eigenvalue weighted by Gasteiger charge is 2.31. The van der Waals surface area contributed by atoms with E-state index in [0.29, 0.717) is 22.7 Å². The third kappa shape index (κ3) is 6.12. The Bertz CT molecular complexity index is 862. The van der Waals surface area contributed by atoms with Crippen molar-refractivity contribution in [2.75, 3.05) is 19.0 Å². The molecule has 0 spiro atoms. The predicted molar refractivity (Wildman–Crippen MR) is 101 cm³/mol. The van der Waals surface area contributed by atoms with Gasteiger partial charge in [-0.3, -0.25) is 4.79 Å². The largest absolute Gasteiger partial charge is 0.490 e. The lowest BCUT2D eigenvalue weighted by molar-refractivity contribution is -0.135. The van der Waals surface area contributed by atoms with E-state index in [2.05, 4.69) is 10.2 Å². The molecule has 0 aliphatic carbocycles. The van der Waals surface area contributed by atoms with Crippen molar-refractivity contribution in [1.29, 1.82) is 5.26 Å². The molecular weight excluding hydrogens is 346 g/mol. The van der Waals surface area contributed by atoms with Gasteiger partial charge in [0.2, 0.25) is 0 Å². The minimum Gasteiger partial charge on any atom is -0.490 e. The molecule has 1 atom stereocenters. The summed E-state index contributed by atoms with van der Waals surface area (Å²) in [6.07, 6.45) is 0. The lowest BCUT2D eigenvalue weighted by atomic mass is 10.1. The van der Waals surface area contributed by atoms with Gasteiger partial charge in [0.1, 0.15) is 12.4 Å². The smallest absolute Gasteiger partial charge is 0.259 e. The van der Waals surface area contributed by atoms with Crippen LogP contribution in [-0.4, -0.2) is 35.4 Å². The van der Waals surface area contributed by atoms with E-state index < -0.39 is 11.5 Å². The van der Waals surface area contributed by atoms with Crippen LogP contribution in [0.2, 0.25) is 0 Å². The second-order valence-electron chi connectivity index (χ2n) is 5.77. The molecule has 27 heavy (non-hydrogen) atoms. The van der Waals surface area contributed by atoms with Gasteiger partial charge in [-0.2, -0.15) is 5.26 Å². The van der Waals surface area contributed by atoms with Gasteiger partial charge in [-0.15, -0.1) is 0 Å². The summed E-state index contributed by atoms with van der Waals surface area (Å²) >= 11 is 0. The van der Waals surface area contributed by atoms with Crippen LogP contribution in [0.3, 0.4) is 0 Å². The SMILES string of the molecule is CO.[C-]#[N+]c1ccc(NC(=O)[C@@](C)(O)COc2ccc(C#N)cc2)cc1C. The number of anilines is 1. The molecule has 2 rings (SSSR count). The zero-order valence-corrected chi connectivity index (χ0v) is 15.4. The maximum absolute atomic E-state index is 12.3. The van der Waals surface area contributed by atoms with Crippen LogP contribution < -0.4 is 10.1 Å². The van der Waals surface area contributed by atoms with E-state index in [0.717, 1.165) is 12.7 Å². The van der Waals surface area contributed by atoms with Gasteiger partial charge in [0.15, 0.2) is 11.3 Å². The van der Waals surface area contributed by atoms with Crippen molar-refractivity contribution in [2.45, 2.75) is 19.4 Å². The second kappa shape index (κ2) is 9.93. The first-order chi connectivity index (χ1) is 12.9. The van der Waals surface area contributed by atoms with E-state index in [9.17, 15) is 9.90 Å². The van der Waals surface area contributed by atoms with E-state index in [1.807, 2.05) is 6.07 Å². The van der Waals surface area contributed by atoms with Crippen LogP contribution in [0.25, 0.3) is 4.85 Å². The van der Waals surface area contributed by atoms with Crippen molar-refractivity contribution >= 4 is 17.3 Å². The molecule has 0 heterocycles. The van der Waals surface area contributed by atoms with Crippen molar-refractivity contribution < 1.29 is 19.7 Å². The van der Waals surface area contributed by atoms with Gasteiger partial charge < -0.3 is 20.3 Å². The Morgan fingerprint density at radius 3 is 2.44 bits per heavy atom. The van der Waals surface area contributed by atoms with Crippen LogP contribution in [0, 0.1) is 24.8 Å². The van der Waals surface area contributed by atoms with Crippen LogP contribution >= 0.6 is 0 Å². The lowest BCUT2D eigenvalue weighted by Crippen LogP contribution is -2.45. The summed E-state index contributed by atoms with van der Waals surface area (Å²) in [6.45, 7) is 9.90. The summed E-state index contributed by atoms with van der Waals surface area (Å²) in [5.74, 6) is -0.166. The fourth-order valence-corrected chi connectivity index (χ4v) is 2.04. The molecule has 0 aliphatic rings. The zero-order chi connectivity index (χ0) is 20.4. The van der Waals surface area contributed by atoms with Gasteiger partial charge in [0.25, 0.3) is 5.91 Å². The molecular formula is C20H21N3O4. The third-order valence-electron chi connectivity index (χ3n) is 3.57. The van der Waals surface area contributed by atoms with E-state index in [-0.39, 0.29) is 6.61 Å². The second-order valence-corrected chi connectivity index (χ2v) is 5.77. The number of nitriles is 1. The van der Waals surface area contributed by atoms with Crippen LogP contribution in [0.4, 0.5) is 11.4 Å². The number of hydrogen-bond acceptors (Lipinski definition) is 5. The summed E-state index contributed by atoms with van der Waals surface area (Å²) in [5.41, 5.74) is 0.485. The number of benzene rings is 2. The van der Waals surface area contributed by atoms with E-state index in [1.165, 1.54) is 6.92 Å². The Morgan fingerprint density at radius 2 is 1.93 bits per heavy atom. The Morgan fingerprint density at radius 1 is 1.30 bits per heavy atom. The molecule has 0 aliphatic heterocycles. The van der Waals surface area contributed by atoms with Gasteiger partial charge in [-0.25, -0.2) is 4.85 Å². The van der Waals surface area contributed by atoms with Crippen LogP contribution in [0.1, 0.15) is 18.1 Å². The fraction of sp³-hybridized carbons (Fsp3) is 0.250. The third-order valence-corrected chi connectivity index (χ3v) is 3.57. The van der Waals surface area contributed by atoms with Crippen molar-refractivity contribution in [1.82, 2.24) is 0 Å². The van der Waals surface area contributed by atoms with Gasteiger partial charge in [0, 0.05) is 12.8 Å². The molecule has 3 N–H and O–H groups in total. The number of rotatable bonds is 5. The van der Waals surface area contributed by atoms with Crippen molar-refractivity contribution in [3.8, 4) is 11.8 Å². The van der Waals surface area contributed by atoms with Gasteiger partial charge in [-0.05, 0) is 55.8 Å². The average molecular weight is 367 g/mol. The number of nitrogens with zero attached hydrogens (tertiary/aromatic N) is 2. The van der Waals surface area contributed by atoms with Crippen molar-refractivity contribution in [3.05, 3.63) is 65.0 Å². The molecule has 0 saturated carbocycles. The molecule has 0 fully saturated rings. The molecule has 0 bridgehead atoms. The molecule has 7 heteroatoms. The number of carbonyl (C=O) groups is 1. The van der Waals surface area contributed by atoms with E-state index in [4.69, 9.17) is 21.7 Å². The predicted octanol–water partition coefficient (Wildman–Crippen LogP) is 2.79. The van der Waals surface area contributed by atoms with E-state index >= 15 is 0 Å². The number of aryl methyl sites for hydroxylation is 1. The first-order valence-corrected chi connectivity index (χ1v) is 7.95. The van der Waals surface area contributed by atoms with E-state index in [1.54, 1.807) is 49.4 Å². The quantitative estimate of drug-likeness (QED) is 0.705. The Labute approximate surface area is 158 Å². The van der Waals surface area contributed by atoms with Gasteiger partial charge in [-0.1, -0.05) is 6.07 Å². The van der Waals surface area contributed by atoms with Gasteiger partial charge >= 0.3 is 0 Å². The normalized spacial score (nSPS) is 11.7. The maximum Gasteiger partial charge on any atom is 0.259 e. The standard InChI is InChI=1S/C19H17N3O3.CH4O/c1-13-10-15(6-9-17(13)21-3)22-18(23)19(2,24)12-25-16-7-4-14(11-20)5-8-16;1-2/h4-10,24H,12H2,1-2H3,(H,22,23);2H,1H3/t19-;/m0./s1. The first-order valence-electron chi connectivity index (χ1n) is 7.95. The summed E-state index contributed by atoms with van der Waals surface area (Å²) in [7, 11) is 1.00. The molecule has 7 nitrogen and oxygen atoms in total. The molecule has 2 aromatic rings. The molecule has 0 aromatic heterocycles. The van der Waals surface area contributed by atoms with Gasteiger partial charge in [0.05, 0.1) is 18.2 Å². The minimum atomic E-state index is -1.75. The molecule has 2 aromatic carbocycles. The summed E-state index contributed by atoms with van der Waals surface area (Å²) < 4.78 is 5.43. The number of aliphatic hydroxyl groups excluding tert-OH is 1. The highest BCUT2D eigenvalue weighted by molar-refractivity contribution is 5.97. The zero-order valence-electron chi connectivity index (χ0n) is 15.4. The highest BCUT2D eigenvalue weighted by atomic mass is 16.5. The molecule has 0 saturated heterocycles. The van der Waals surface area contributed by atoms with Crippen molar-refractivity contribution in [2.24, 2.45) is 0 Å². The van der Waals surface area contributed by atoms with Crippen LogP contribution in [-0.2, 0) is 4.79 Å². The van der Waals surface area contributed by atoms with Crippen molar-refractivity contribution in [3.63, 3.8) is 0 Å². The number of nitrogens with one attached hydrogen (secondary N) is 1. The number of amides is 1. The molecule has 1 amide bonds. The molecule has 140 valence electrons. The molecule has 0 unspecified atom stereocenters. The average Bonchev–Trinajstić information content (AvgIpc) is 2.68. The van der Waals surface area contributed by atoms with Crippen LogP contribution in [0.15, 0.2) is 42.5 Å². The molecule has 0 radical (unpaired) electrons. The summed E-state index contributed by atoms with van der Waals surface area (Å²) in [6, 6.07) is 13.3. The maximum atomic E-state index is 12.3. The topological polar surface area (TPSA) is 107 Å². The monoisotopic (exact) mass is 367 g/mol. The Hall–Kier alpha value is -3.39. The minimum absolute atomic E-state index is 0.246.